The molecule has 0 fully saturated rings. The van der Waals surface area contributed by atoms with Crippen molar-refractivity contribution in [2.45, 2.75) is 52.1 Å². The molecule has 2 heteroatoms. The fourth-order valence-corrected chi connectivity index (χ4v) is 1.18. The lowest BCUT2D eigenvalue weighted by atomic mass is 10.1. The Morgan fingerprint density at radius 3 is 2.33 bits per heavy atom. The Morgan fingerprint density at radius 1 is 1.33 bits per heavy atom. The highest BCUT2D eigenvalue weighted by Crippen LogP contribution is 2.10. The lowest BCUT2D eigenvalue weighted by molar-refractivity contribution is -0.143. The number of carbonyl (C=O) groups is 1. The highest BCUT2D eigenvalue weighted by atomic mass is 16.5. The Balaban J connectivity index is 0. The van der Waals surface area contributed by atoms with Gasteiger partial charge in [-0.1, -0.05) is 33.3 Å². The van der Waals surface area contributed by atoms with Gasteiger partial charge in [0.25, 0.3) is 0 Å². The van der Waals surface area contributed by atoms with Crippen LogP contribution in [0.3, 0.4) is 0 Å². The van der Waals surface area contributed by atoms with Gasteiger partial charge in [0.05, 0.1) is 0 Å². The molecule has 2 nitrogen and oxygen atoms in total. The van der Waals surface area contributed by atoms with Crippen molar-refractivity contribution in [2.24, 2.45) is 0 Å². The van der Waals surface area contributed by atoms with Crippen molar-refractivity contribution < 1.29 is 9.53 Å². The second-order valence-corrected chi connectivity index (χ2v) is 3.17. The predicted octanol–water partition coefficient (Wildman–Crippen LogP) is 3.88. The largest absolute Gasteiger partial charge is 0.459 e. The molecule has 0 spiro atoms. The highest BCUT2D eigenvalue weighted by Gasteiger charge is 2.08. The van der Waals surface area contributed by atoms with E-state index in [0.717, 1.165) is 19.3 Å². The number of ether oxygens (including phenoxy) is 1. The Morgan fingerprint density at radius 2 is 1.93 bits per heavy atom. The van der Waals surface area contributed by atoms with E-state index in [2.05, 4.69) is 26.7 Å². The first-order chi connectivity index (χ1) is 7.24. The summed E-state index contributed by atoms with van der Waals surface area (Å²) < 4.78 is 5.14. The van der Waals surface area contributed by atoms with Crippen LogP contribution in [-0.4, -0.2) is 12.1 Å². The van der Waals surface area contributed by atoms with Crippen LogP contribution in [0, 0.1) is 0 Å². The fraction of sp³-hybridized carbons (Fsp3) is 0.615. The summed E-state index contributed by atoms with van der Waals surface area (Å²) in [7, 11) is 0. The van der Waals surface area contributed by atoms with Gasteiger partial charge in [-0.25, -0.2) is 4.79 Å². The van der Waals surface area contributed by atoms with E-state index in [9.17, 15) is 4.79 Å². The molecule has 0 aliphatic carbocycles. The van der Waals surface area contributed by atoms with E-state index in [1.165, 1.54) is 18.9 Å². The second-order valence-electron chi connectivity index (χ2n) is 3.17. The van der Waals surface area contributed by atoms with Gasteiger partial charge in [0.2, 0.25) is 0 Å². The summed E-state index contributed by atoms with van der Waals surface area (Å²) in [5.41, 5.74) is 0. The molecular weight excluding hydrogens is 188 g/mol. The third-order valence-corrected chi connectivity index (χ3v) is 2.03. The molecule has 0 aliphatic rings. The zero-order chi connectivity index (χ0) is 12.1. The molecule has 1 unspecified atom stereocenters. The van der Waals surface area contributed by atoms with Crippen LogP contribution in [0.5, 0.6) is 0 Å². The first kappa shape index (κ1) is 16.4. The average Bonchev–Trinajstić information content (AvgIpc) is 2.30. The summed E-state index contributed by atoms with van der Waals surface area (Å²) in [6, 6.07) is 0. The van der Waals surface area contributed by atoms with Crippen molar-refractivity contribution in [1.29, 1.82) is 0 Å². The van der Waals surface area contributed by atoms with Gasteiger partial charge in [0.1, 0.15) is 6.10 Å². The van der Waals surface area contributed by atoms with E-state index in [1.807, 2.05) is 6.92 Å². The summed E-state index contributed by atoms with van der Waals surface area (Å²) in [6.07, 6.45) is 6.72. The number of hydrogen-bond donors (Lipinski definition) is 0. The number of esters is 1. The van der Waals surface area contributed by atoms with E-state index in [1.54, 1.807) is 0 Å². The summed E-state index contributed by atoms with van der Waals surface area (Å²) in [5.74, 6) is -0.302. The van der Waals surface area contributed by atoms with E-state index in [0.29, 0.717) is 0 Å². The van der Waals surface area contributed by atoms with Gasteiger partial charge in [-0.15, -0.1) is 13.2 Å². The van der Waals surface area contributed by atoms with Crippen molar-refractivity contribution in [1.82, 2.24) is 0 Å². The normalized spacial score (nSPS) is 10.8. The summed E-state index contributed by atoms with van der Waals surface area (Å²) >= 11 is 0. The number of carbonyl (C=O) groups excluding carboxylic acids is 1. The smallest absolute Gasteiger partial charge is 0.330 e. The fourth-order valence-electron chi connectivity index (χ4n) is 1.18. The minimum absolute atomic E-state index is 0.0806. The zero-order valence-electron chi connectivity index (χ0n) is 10.1. The number of hydrogen-bond acceptors (Lipinski definition) is 2. The van der Waals surface area contributed by atoms with Gasteiger partial charge in [0, 0.05) is 6.08 Å². The first-order valence-corrected chi connectivity index (χ1v) is 5.57. The lowest BCUT2D eigenvalue weighted by Crippen LogP contribution is -2.15. The van der Waals surface area contributed by atoms with Gasteiger partial charge >= 0.3 is 5.97 Å². The molecule has 0 aromatic carbocycles. The minimum atomic E-state index is -0.302. The van der Waals surface area contributed by atoms with Crippen LogP contribution in [0.2, 0.25) is 0 Å². The molecule has 0 saturated heterocycles. The maximum atomic E-state index is 10.9. The maximum Gasteiger partial charge on any atom is 0.330 e. The molecule has 0 radical (unpaired) electrons. The van der Waals surface area contributed by atoms with Crippen molar-refractivity contribution in [3.63, 3.8) is 0 Å². The average molecular weight is 212 g/mol. The van der Waals surface area contributed by atoms with Crippen LogP contribution in [0.1, 0.15) is 46.0 Å². The molecule has 0 N–H and O–H groups in total. The molecule has 0 aromatic rings. The van der Waals surface area contributed by atoms with Crippen LogP contribution in [-0.2, 0) is 9.53 Å². The van der Waals surface area contributed by atoms with Crippen molar-refractivity contribution in [3.8, 4) is 0 Å². The molecular formula is C13H24O2. The van der Waals surface area contributed by atoms with Gasteiger partial charge in [-0.05, 0) is 19.3 Å². The Labute approximate surface area is 94.0 Å². The second kappa shape index (κ2) is 12.9. The molecule has 88 valence electrons. The maximum absolute atomic E-state index is 10.9. The van der Waals surface area contributed by atoms with Crippen LogP contribution in [0.4, 0.5) is 0 Å². The van der Waals surface area contributed by atoms with E-state index < -0.39 is 0 Å². The number of unbranched alkanes of at least 4 members (excludes halogenated alkanes) is 2. The van der Waals surface area contributed by atoms with Crippen LogP contribution < -0.4 is 0 Å². The van der Waals surface area contributed by atoms with Crippen LogP contribution in [0.25, 0.3) is 0 Å². The molecule has 0 aromatic heterocycles. The monoisotopic (exact) mass is 212 g/mol. The minimum Gasteiger partial charge on any atom is -0.459 e. The third-order valence-electron chi connectivity index (χ3n) is 2.03. The van der Waals surface area contributed by atoms with Crippen molar-refractivity contribution in [2.75, 3.05) is 0 Å². The standard InChI is InChI=1S/C11H20O2.C2H4/c1-4-7-8-9-10(5-2)13-11(12)6-3;1-2/h6,10H,3-5,7-9H2,1-2H3;1-2H2. The molecule has 0 amide bonds. The molecule has 15 heavy (non-hydrogen) atoms. The molecule has 1 atom stereocenters. The van der Waals surface area contributed by atoms with Crippen LogP contribution in [0.15, 0.2) is 25.8 Å². The summed E-state index contributed by atoms with van der Waals surface area (Å²) in [5, 5.41) is 0. The highest BCUT2D eigenvalue weighted by molar-refractivity contribution is 5.81. The zero-order valence-corrected chi connectivity index (χ0v) is 10.1. The summed E-state index contributed by atoms with van der Waals surface area (Å²) in [6.45, 7) is 13.6. The number of rotatable bonds is 7. The van der Waals surface area contributed by atoms with Crippen molar-refractivity contribution >= 4 is 5.97 Å². The molecule has 0 bridgehead atoms. The first-order valence-electron chi connectivity index (χ1n) is 5.57. The molecule has 0 saturated carbocycles. The van der Waals surface area contributed by atoms with Gasteiger partial charge in [-0.3, -0.25) is 0 Å². The van der Waals surface area contributed by atoms with Gasteiger partial charge in [-0.2, -0.15) is 0 Å². The molecule has 0 aliphatic heterocycles. The van der Waals surface area contributed by atoms with E-state index >= 15 is 0 Å². The third kappa shape index (κ3) is 10.9. The Hall–Kier alpha value is -1.05. The molecule has 0 rings (SSSR count). The van der Waals surface area contributed by atoms with Crippen LogP contribution >= 0.6 is 0 Å². The summed E-state index contributed by atoms with van der Waals surface area (Å²) in [4.78, 5) is 10.9. The predicted molar refractivity (Wildman–Crippen MR) is 65.8 cm³/mol. The topological polar surface area (TPSA) is 26.3 Å². The molecule has 0 heterocycles. The van der Waals surface area contributed by atoms with Crippen molar-refractivity contribution in [3.05, 3.63) is 25.8 Å². The Kier molecular flexibility index (Phi) is 14.1. The van der Waals surface area contributed by atoms with Gasteiger partial charge in [0.15, 0.2) is 0 Å². The van der Waals surface area contributed by atoms with E-state index in [4.69, 9.17) is 4.74 Å². The SMILES string of the molecule is C=C.C=CC(=O)OC(CC)CCCCC. The quantitative estimate of drug-likeness (QED) is 0.277. The lowest BCUT2D eigenvalue weighted by Gasteiger charge is -2.14. The van der Waals surface area contributed by atoms with E-state index in [-0.39, 0.29) is 12.1 Å². The van der Waals surface area contributed by atoms with Gasteiger partial charge < -0.3 is 4.74 Å². The Bertz CT molecular complexity index is 164.